The number of nitrogens with two attached hydrogens (primary N) is 3. The maximum Gasteiger partial charge on any atom is 0.0598 e. The Hall–Kier alpha value is -3.34. The molecule has 0 radical (unpaired) electrons. The summed E-state index contributed by atoms with van der Waals surface area (Å²) in [5.41, 5.74) is 21.4. The maximum atomic E-state index is 6.57. The minimum Gasteiger partial charge on any atom is -0.398 e. The summed E-state index contributed by atoms with van der Waals surface area (Å²) in [7, 11) is 0. The summed E-state index contributed by atoms with van der Waals surface area (Å²) in [6.07, 6.45) is 17.0. The Kier molecular flexibility index (Phi) is 4.98. The van der Waals surface area contributed by atoms with Gasteiger partial charge in [-0.3, -0.25) is 5.84 Å². The molecule has 0 aromatic heterocycles. The minimum absolute atomic E-state index is 0.203. The fraction of sp³-hybridized carbons (Fsp3) is 0.0833. The Morgan fingerprint density at radius 3 is 2.29 bits per heavy atom. The molecule has 0 amide bonds. The lowest BCUT2D eigenvalue weighted by molar-refractivity contribution is 0.970. The number of benzene rings is 2. The zero-order chi connectivity index (χ0) is 19.5. The molecule has 0 heterocycles. The SMILES string of the molecule is NN/C(=C1/C=CC=CC1)c1ccc(/C(N)=C2\C=CC=CC2N)c2ccccc12. The Morgan fingerprint density at radius 1 is 0.893 bits per heavy atom. The number of allylic oxidation sites excluding steroid dienone is 7. The standard InChI is InChI=1S/C24H24N4/c25-22-13-7-6-12-21(22)23(26)19-14-15-20(18-11-5-4-10-17(18)19)24(28-27)16-8-2-1-3-9-16/h1-8,10-15,22,28H,9,25-27H2/b23-21-,24-16-. The molecule has 4 nitrogen and oxygen atoms in total. The van der Waals surface area contributed by atoms with Crippen molar-refractivity contribution in [2.24, 2.45) is 17.3 Å². The van der Waals surface area contributed by atoms with Gasteiger partial charge in [-0.1, -0.05) is 85.0 Å². The van der Waals surface area contributed by atoms with Crippen LogP contribution >= 0.6 is 0 Å². The van der Waals surface area contributed by atoms with Crippen LogP contribution in [0.4, 0.5) is 0 Å². The molecule has 0 fully saturated rings. The first kappa shape index (κ1) is 18.0. The van der Waals surface area contributed by atoms with Gasteiger partial charge >= 0.3 is 0 Å². The van der Waals surface area contributed by atoms with Crippen LogP contribution in [0.1, 0.15) is 17.5 Å². The summed E-state index contributed by atoms with van der Waals surface area (Å²) in [5.74, 6) is 5.93. The van der Waals surface area contributed by atoms with Gasteiger partial charge in [0.15, 0.2) is 0 Å². The molecule has 0 bridgehead atoms. The van der Waals surface area contributed by atoms with Crippen molar-refractivity contribution >= 4 is 22.2 Å². The van der Waals surface area contributed by atoms with Crippen molar-refractivity contribution in [1.82, 2.24) is 5.43 Å². The van der Waals surface area contributed by atoms with E-state index in [0.29, 0.717) is 5.70 Å². The van der Waals surface area contributed by atoms with Crippen molar-refractivity contribution in [3.05, 3.63) is 107 Å². The van der Waals surface area contributed by atoms with E-state index in [1.165, 1.54) is 0 Å². The fourth-order valence-electron chi connectivity index (χ4n) is 3.78. The van der Waals surface area contributed by atoms with Crippen LogP contribution in [0.25, 0.3) is 22.2 Å². The van der Waals surface area contributed by atoms with Crippen LogP contribution in [0.5, 0.6) is 0 Å². The van der Waals surface area contributed by atoms with Gasteiger partial charge in [-0.05, 0) is 28.3 Å². The lowest BCUT2D eigenvalue weighted by atomic mass is 9.90. The van der Waals surface area contributed by atoms with Crippen LogP contribution in [0.3, 0.4) is 0 Å². The molecule has 0 saturated carbocycles. The summed E-state index contributed by atoms with van der Waals surface area (Å²) >= 11 is 0. The van der Waals surface area contributed by atoms with E-state index in [2.05, 4.69) is 41.8 Å². The smallest absolute Gasteiger partial charge is 0.0598 e. The second-order valence-electron chi connectivity index (χ2n) is 6.88. The lowest BCUT2D eigenvalue weighted by Gasteiger charge is -2.19. The molecule has 0 saturated heterocycles. The molecule has 2 aromatic carbocycles. The Bertz CT molecular complexity index is 1100. The number of rotatable bonds is 3. The van der Waals surface area contributed by atoms with Crippen molar-refractivity contribution < 1.29 is 0 Å². The average Bonchev–Trinajstić information content (AvgIpc) is 2.75. The van der Waals surface area contributed by atoms with E-state index in [1.54, 1.807) is 0 Å². The van der Waals surface area contributed by atoms with E-state index >= 15 is 0 Å². The van der Waals surface area contributed by atoms with Gasteiger partial charge in [0.05, 0.1) is 11.7 Å². The predicted molar refractivity (Wildman–Crippen MR) is 118 cm³/mol. The van der Waals surface area contributed by atoms with Gasteiger partial charge in [-0.15, -0.1) is 0 Å². The van der Waals surface area contributed by atoms with Crippen molar-refractivity contribution in [1.29, 1.82) is 0 Å². The molecule has 4 heteroatoms. The molecule has 1 atom stereocenters. The number of hydrazine groups is 1. The second kappa shape index (κ2) is 7.72. The third-order valence-electron chi connectivity index (χ3n) is 5.21. The third kappa shape index (κ3) is 3.20. The van der Waals surface area contributed by atoms with E-state index in [-0.39, 0.29) is 6.04 Å². The molecular weight excluding hydrogens is 344 g/mol. The Labute approximate surface area is 165 Å². The third-order valence-corrected chi connectivity index (χ3v) is 5.21. The zero-order valence-electron chi connectivity index (χ0n) is 15.6. The topological polar surface area (TPSA) is 90.1 Å². The monoisotopic (exact) mass is 368 g/mol. The highest BCUT2D eigenvalue weighted by Crippen LogP contribution is 2.33. The van der Waals surface area contributed by atoms with Gasteiger partial charge < -0.3 is 16.9 Å². The van der Waals surface area contributed by atoms with Crippen LogP contribution in [0.2, 0.25) is 0 Å². The van der Waals surface area contributed by atoms with Gasteiger partial charge in [-0.2, -0.15) is 0 Å². The van der Waals surface area contributed by atoms with Gasteiger partial charge in [0, 0.05) is 16.8 Å². The lowest BCUT2D eigenvalue weighted by Crippen LogP contribution is -2.23. The number of nitrogens with one attached hydrogen (secondary N) is 1. The average molecular weight is 368 g/mol. The summed E-state index contributed by atoms with van der Waals surface area (Å²) in [4.78, 5) is 0. The highest BCUT2D eigenvalue weighted by molar-refractivity contribution is 6.01. The number of hydrogen-bond donors (Lipinski definition) is 4. The van der Waals surface area contributed by atoms with Crippen molar-refractivity contribution in [2.45, 2.75) is 12.5 Å². The van der Waals surface area contributed by atoms with Gasteiger partial charge in [0.25, 0.3) is 0 Å². The Morgan fingerprint density at radius 2 is 1.61 bits per heavy atom. The normalized spacial score (nSPS) is 21.9. The van der Waals surface area contributed by atoms with E-state index in [4.69, 9.17) is 17.3 Å². The summed E-state index contributed by atoms with van der Waals surface area (Å²) < 4.78 is 0. The largest absolute Gasteiger partial charge is 0.398 e. The van der Waals surface area contributed by atoms with Crippen LogP contribution in [0.15, 0.2) is 96.2 Å². The van der Waals surface area contributed by atoms with E-state index in [1.807, 2.05) is 48.6 Å². The van der Waals surface area contributed by atoms with E-state index in [0.717, 1.165) is 45.2 Å². The molecular formula is C24H24N4. The van der Waals surface area contributed by atoms with Crippen LogP contribution < -0.4 is 22.7 Å². The summed E-state index contributed by atoms with van der Waals surface area (Å²) in [6.45, 7) is 0. The molecule has 28 heavy (non-hydrogen) atoms. The first-order chi connectivity index (χ1) is 13.7. The zero-order valence-corrected chi connectivity index (χ0v) is 15.6. The maximum absolute atomic E-state index is 6.57. The molecule has 2 aromatic rings. The number of hydrogen-bond acceptors (Lipinski definition) is 4. The van der Waals surface area contributed by atoms with Gasteiger partial charge in [0.1, 0.15) is 0 Å². The van der Waals surface area contributed by atoms with Crippen LogP contribution in [0, 0.1) is 0 Å². The van der Waals surface area contributed by atoms with E-state index < -0.39 is 0 Å². The molecule has 0 spiro atoms. The molecule has 140 valence electrons. The van der Waals surface area contributed by atoms with Crippen molar-refractivity contribution in [2.75, 3.05) is 0 Å². The molecule has 4 rings (SSSR count). The van der Waals surface area contributed by atoms with Crippen LogP contribution in [-0.2, 0) is 0 Å². The molecule has 2 aliphatic rings. The summed E-state index contributed by atoms with van der Waals surface area (Å²) in [5, 5.41) is 2.17. The molecule has 1 unspecified atom stereocenters. The highest BCUT2D eigenvalue weighted by Gasteiger charge is 2.17. The van der Waals surface area contributed by atoms with E-state index in [9.17, 15) is 0 Å². The fourth-order valence-corrected chi connectivity index (χ4v) is 3.78. The number of fused-ring (bicyclic) bond motifs is 1. The molecule has 7 N–H and O–H groups in total. The Balaban J connectivity index is 1.92. The first-order valence-electron chi connectivity index (χ1n) is 9.36. The van der Waals surface area contributed by atoms with Gasteiger partial charge in [0.2, 0.25) is 0 Å². The quantitative estimate of drug-likeness (QED) is 0.492. The minimum atomic E-state index is -0.203. The van der Waals surface area contributed by atoms with Gasteiger partial charge in [-0.25, -0.2) is 0 Å². The van der Waals surface area contributed by atoms with Crippen LogP contribution in [-0.4, -0.2) is 6.04 Å². The predicted octanol–water partition coefficient (Wildman–Crippen LogP) is 3.65. The summed E-state index contributed by atoms with van der Waals surface area (Å²) in [6, 6.07) is 12.2. The first-order valence-corrected chi connectivity index (χ1v) is 9.36. The van der Waals surface area contributed by atoms with Crippen molar-refractivity contribution in [3.63, 3.8) is 0 Å². The second-order valence-corrected chi connectivity index (χ2v) is 6.88. The highest BCUT2D eigenvalue weighted by atomic mass is 15.2. The molecule has 0 aliphatic heterocycles. The molecule has 2 aliphatic carbocycles. The van der Waals surface area contributed by atoms with Crippen molar-refractivity contribution in [3.8, 4) is 0 Å².